The second-order valence-corrected chi connectivity index (χ2v) is 29.0. The van der Waals surface area contributed by atoms with Gasteiger partial charge < -0.3 is 58.8 Å². The van der Waals surface area contributed by atoms with Crippen LogP contribution >= 0.6 is 0 Å². The Morgan fingerprint density at radius 2 is 0.472 bits per heavy atom. The zero-order chi connectivity index (χ0) is 82.2. The Hall–Kier alpha value is -12.7. The molecule has 0 aliphatic carbocycles. The number of benzene rings is 14. The normalized spacial score (nSPS) is 14.0. The fourth-order valence-corrected chi connectivity index (χ4v) is 15.5. The molecule has 0 atom stereocenters. The molecule has 14 aromatic rings. The van der Waals surface area contributed by atoms with Gasteiger partial charge >= 0.3 is 0 Å². The molecule has 20 rings (SSSR count). The molecule has 0 bridgehead atoms. The third-order valence-electron chi connectivity index (χ3n) is 21.1. The predicted octanol–water partition coefficient (Wildman–Crippen LogP) is 22.3. The van der Waals surface area contributed by atoms with E-state index in [1.807, 2.05) is 202 Å². The predicted molar refractivity (Wildman–Crippen MR) is 489 cm³/mol. The van der Waals surface area contributed by atoms with Gasteiger partial charge in [0.25, 0.3) is 0 Å². The average Bonchev–Trinajstić information content (AvgIpc) is 1.74. The van der Waals surface area contributed by atoms with Crippen LogP contribution in [0.2, 0.25) is 0 Å². The summed E-state index contributed by atoms with van der Waals surface area (Å²) in [6.45, 7) is 12.5. The molecule has 12 nitrogen and oxygen atoms in total. The Kier molecular flexibility index (Phi) is 31.8. The minimum Gasteiger partial charge on any atom is -0.511 e. The Morgan fingerprint density at radius 1 is 0.211 bits per heavy atom. The molecule has 0 unspecified atom stereocenters. The molecule has 0 spiro atoms. The number of hydrogen-bond donors (Lipinski definition) is 0. The van der Waals surface area contributed by atoms with E-state index in [1.54, 1.807) is 0 Å². The van der Waals surface area contributed by atoms with Crippen LogP contribution in [0.25, 0.3) is 0 Å². The van der Waals surface area contributed by atoms with Gasteiger partial charge in [0.1, 0.15) is 0 Å². The van der Waals surface area contributed by atoms with E-state index in [0.717, 1.165) is 39.4 Å². The van der Waals surface area contributed by atoms with Crippen LogP contribution < -0.4 is 24.5 Å². The Balaban J connectivity index is 0.000000136. The van der Waals surface area contributed by atoms with Crippen molar-refractivity contribution in [2.45, 2.75) is 16.6 Å². The first kappa shape index (κ1) is 89.6. The van der Waals surface area contributed by atoms with Gasteiger partial charge in [-0.15, -0.1) is 40.4 Å². The van der Waals surface area contributed by atoms with Crippen LogP contribution in [0, 0.1) is 76.4 Å². The summed E-state index contributed by atoms with van der Waals surface area (Å²) in [5.74, 6) is 0. The zero-order valence-corrected chi connectivity index (χ0v) is 76.2. The maximum absolute atomic E-state index is 3.48. The number of rotatable bonds is 16. The molecule has 14 aromatic carbocycles. The van der Waals surface area contributed by atoms with Crippen molar-refractivity contribution in [3.05, 3.63) is 571 Å². The van der Waals surface area contributed by atoms with Gasteiger partial charge in [-0.05, 0) is 155 Å². The maximum atomic E-state index is 3.48. The maximum Gasteiger partial charge on any atom is 0.0674 e. The quantitative estimate of drug-likeness (QED) is 0.0683. The van der Waals surface area contributed by atoms with Crippen molar-refractivity contribution in [2.75, 3.05) is 59.7 Å². The van der Waals surface area contributed by atoms with Crippen LogP contribution in [-0.2, 0) is 76.9 Å². The fraction of sp³-hybridized carbons (Fsp3) is 0.0741. The van der Waals surface area contributed by atoms with Gasteiger partial charge in [-0.1, -0.05) is 212 Å². The summed E-state index contributed by atoms with van der Waals surface area (Å²) in [4.78, 5) is 25.5. The van der Waals surface area contributed by atoms with Crippen LogP contribution in [0.1, 0.15) is 50.1 Å². The minimum absolute atomic E-state index is 0. The van der Waals surface area contributed by atoms with Gasteiger partial charge in [0.05, 0.1) is 16.6 Å². The van der Waals surface area contributed by atoms with E-state index >= 15 is 0 Å². The van der Waals surface area contributed by atoms with Crippen LogP contribution in [-0.4, -0.2) is 69.5 Å². The molecule has 123 heavy (non-hydrogen) atoms. The number of fused-ring (bicyclic) bond motifs is 1. The van der Waals surface area contributed by atoms with Gasteiger partial charge in [-0.25, -0.2) is 0 Å². The Morgan fingerprint density at radius 3 is 0.764 bits per heavy atom. The third kappa shape index (κ3) is 20.6. The van der Waals surface area contributed by atoms with Gasteiger partial charge in [0.2, 0.25) is 0 Å². The van der Waals surface area contributed by atoms with Gasteiger partial charge in [0, 0.05) is 77.4 Å². The molecule has 6 aliphatic rings. The van der Waals surface area contributed by atoms with Crippen molar-refractivity contribution in [3.8, 4) is 0 Å². The second kappa shape index (κ2) is 43.7. The van der Waals surface area contributed by atoms with E-state index in [-0.39, 0.29) is 60.3 Å². The number of hydrogen-bond acceptors (Lipinski definition) is 12. The van der Waals surface area contributed by atoms with Crippen molar-refractivity contribution in [1.29, 1.82) is 0 Å². The Labute approximate surface area is 769 Å². The molecule has 0 N–H and O–H groups in total. The van der Waals surface area contributed by atoms with Gasteiger partial charge in [0.15, 0.2) is 0 Å². The van der Waals surface area contributed by atoms with E-state index in [2.05, 4.69) is 412 Å². The molecule has 6 aliphatic heterocycles. The molecule has 15 heteroatoms. The first-order chi connectivity index (χ1) is 59.1. The fourth-order valence-electron chi connectivity index (χ4n) is 15.5. The summed E-state index contributed by atoms with van der Waals surface area (Å²) < 4.78 is 0. The molecule has 0 fully saturated rings. The van der Waals surface area contributed by atoms with Crippen molar-refractivity contribution < 1.29 is 60.3 Å². The van der Waals surface area contributed by atoms with Gasteiger partial charge in [-0.2, -0.15) is 215 Å². The van der Waals surface area contributed by atoms with Crippen molar-refractivity contribution in [1.82, 2.24) is 34.3 Å². The molecule has 3 radical (unpaired) electrons. The molecule has 625 valence electrons. The first-order valence-electron chi connectivity index (χ1n) is 40.0. The summed E-state index contributed by atoms with van der Waals surface area (Å²) in [5, 5.41) is 0. The van der Waals surface area contributed by atoms with E-state index in [9.17, 15) is 0 Å². The SMILES string of the molecule is CN1C=CN(C(c2[c-]cccc2)(c2ccccc2)c2ccccc2)[CH-]1.CN1C=CN(C(c2[c-]cccc2)(c2ccccc2)c2ccccc2)[CH-]1.CN1C=CN(C(c2[c-]cccc2)(c2ccccc2)c2ccccc2)[CH-]1.CN1C=CN(c2[c-]cccc2)[CH-]1.CN1[CH-]N(c2[c-]cccc2)c2ccccc21.[Ir].[Ir].[Ir].[c-]1ccccc1N1C=CN(c2ccccc2)[CH-]1. The van der Waals surface area contributed by atoms with Crippen LogP contribution in [0.15, 0.2) is 444 Å². The van der Waals surface area contributed by atoms with Crippen molar-refractivity contribution in [2.24, 2.45) is 0 Å². The first-order valence-corrected chi connectivity index (χ1v) is 40.0. The molecule has 0 aromatic heterocycles. The summed E-state index contributed by atoms with van der Waals surface area (Å²) >= 11 is 0. The number of anilines is 6. The zero-order valence-electron chi connectivity index (χ0n) is 69.0. The molecule has 0 saturated heterocycles. The van der Waals surface area contributed by atoms with Crippen molar-refractivity contribution >= 4 is 34.1 Å². The number of nitrogens with zero attached hydrogens (tertiary/aromatic N) is 12. The molecule has 6 heterocycles. The molecular formula is C108H94Ir3N12-12. The van der Waals surface area contributed by atoms with Crippen LogP contribution in [0.5, 0.6) is 0 Å². The molecule has 0 saturated carbocycles. The molecule has 0 amide bonds. The smallest absolute Gasteiger partial charge is 0.0674 e. The second-order valence-electron chi connectivity index (χ2n) is 29.0. The van der Waals surface area contributed by atoms with Crippen molar-refractivity contribution in [3.63, 3.8) is 0 Å². The van der Waals surface area contributed by atoms with E-state index in [4.69, 9.17) is 0 Å². The molecular weight excluding hydrogens is 2040 g/mol. The summed E-state index contributed by atoms with van der Waals surface area (Å²) in [5.41, 5.74) is 15.9. The third-order valence-corrected chi connectivity index (χ3v) is 21.1. The standard InChI is InChI=1S/3C23H20N2.C15H12N2.C14H12N2.C10H10N2.3Ir/c3*1-24-17-18-25(19-24)23(20-11-5-2-6-12-20,21-13-7-3-8-14-21)22-15-9-4-10-16-22;1-3-7-14(8-4-1)16-11-12-17(13-16)15-9-5-2-6-10-15;1-15-11-16(12-7-3-2-4-8-12)14-10-6-5-9-13(14)15;1-11-7-8-12(9-11)10-5-3-2-4-6-10;;;/h3*2-15,17-19H,1H3;1-9,11-13H;2-7,9-11H,1H3;2-5,7-9H,1H3;;;/q6*-2;;;. The monoisotopic (exact) mass is 2140 g/mol. The summed E-state index contributed by atoms with van der Waals surface area (Å²) in [7, 11) is 10.2. The van der Waals surface area contributed by atoms with E-state index < -0.39 is 16.6 Å². The van der Waals surface area contributed by atoms with E-state index in [1.165, 1.54) is 44.8 Å². The number of para-hydroxylation sites is 6. The topological polar surface area (TPSA) is 38.9 Å². The minimum atomic E-state index is -0.467. The van der Waals surface area contributed by atoms with Gasteiger partial charge in [-0.3, -0.25) is 0 Å². The Bertz CT molecular complexity index is 4900. The van der Waals surface area contributed by atoms with E-state index in [0.29, 0.717) is 0 Å². The average molecular weight is 2140 g/mol. The summed E-state index contributed by atoms with van der Waals surface area (Å²) in [6.07, 6.45) is 20.7. The van der Waals surface area contributed by atoms with Crippen LogP contribution in [0.3, 0.4) is 0 Å². The summed E-state index contributed by atoms with van der Waals surface area (Å²) in [6, 6.07) is 151. The largest absolute Gasteiger partial charge is 0.511 e. The van der Waals surface area contributed by atoms with Crippen LogP contribution in [0.4, 0.5) is 34.1 Å².